The number of halogens is 3. The molecule has 2 rings (SSSR count). The highest BCUT2D eigenvalue weighted by Gasteiger charge is 2.36. The highest BCUT2D eigenvalue weighted by Crippen LogP contribution is 2.32. The van der Waals surface area contributed by atoms with Gasteiger partial charge in [-0.25, -0.2) is 13.8 Å². The summed E-state index contributed by atoms with van der Waals surface area (Å²) in [6.07, 6.45) is -0.208. The van der Waals surface area contributed by atoms with E-state index in [4.69, 9.17) is 10.2 Å². The van der Waals surface area contributed by atoms with E-state index < -0.39 is 5.92 Å². The predicted octanol–water partition coefficient (Wildman–Crippen LogP) is 1.68. The molecule has 6 heteroatoms. The molecule has 0 fully saturated rings. The van der Waals surface area contributed by atoms with E-state index in [1.54, 1.807) is 0 Å². The van der Waals surface area contributed by atoms with Crippen molar-refractivity contribution in [3.05, 3.63) is 17.3 Å². The van der Waals surface area contributed by atoms with E-state index in [-0.39, 0.29) is 38.2 Å². The monoisotopic (exact) mass is 224 g/mol. The van der Waals surface area contributed by atoms with Crippen LogP contribution in [0.2, 0.25) is 0 Å². The van der Waals surface area contributed by atoms with Crippen LogP contribution in [0.1, 0.15) is 23.8 Å². The van der Waals surface area contributed by atoms with Crippen LogP contribution in [-0.2, 0) is 19.4 Å². The Hall–Kier alpha value is -0.680. The third-order valence-electron chi connectivity index (χ3n) is 2.14. The standard InChI is InChI=1S/C8H10F2N2O.ClH/c9-8(10)2-1-6-5(3-8)12-7(4-11)13-6;/h1-4,11H2;1H. The number of aromatic nitrogens is 1. The molecule has 0 amide bonds. The molecule has 1 aromatic rings. The van der Waals surface area contributed by atoms with Crippen LogP contribution in [0.4, 0.5) is 8.78 Å². The molecule has 1 aliphatic carbocycles. The van der Waals surface area contributed by atoms with Gasteiger partial charge in [0.1, 0.15) is 5.76 Å². The molecular weight excluding hydrogens is 214 g/mol. The summed E-state index contributed by atoms with van der Waals surface area (Å²) in [5, 5.41) is 0. The van der Waals surface area contributed by atoms with Gasteiger partial charge in [0.05, 0.1) is 18.7 Å². The molecule has 80 valence electrons. The van der Waals surface area contributed by atoms with Gasteiger partial charge in [-0.05, 0) is 0 Å². The van der Waals surface area contributed by atoms with Gasteiger partial charge in [0.2, 0.25) is 5.89 Å². The van der Waals surface area contributed by atoms with Crippen molar-refractivity contribution in [1.82, 2.24) is 4.98 Å². The van der Waals surface area contributed by atoms with Gasteiger partial charge in [-0.15, -0.1) is 12.4 Å². The van der Waals surface area contributed by atoms with Crippen LogP contribution in [0.25, 0.3) is 0 Å². The first-order valence-corrected chi connectivity index (χ1v) is 4.16. The van der Waals surface area contributed by atoms with E-state index in [1.165, 1.54) is 0 Å². The molecule has 0 aliphatic heterocycles. The maximum absolute atomic E-state index is 12.9. The van der Waals surface area contributed by atoms with Gasteiger partial charge < -0.3 is 10.2 Å². The van der Waals surface area contributed by atoms with Crippen molar-refractivity contribution in [2.24, 2.45) is 5.73 Å². The molecule has 1 aromatic heterocycles. The number of aryl methyl sites for hydroxylation is 1. The van der Waals surface area contributed by atoms with Crippen molar-refractivity contribution in [2.45, 2.75) is 31.7 Å². The number of nitrogens with two attached hydrogens (primary N) is 1. The summed E-state index contributed by atoms with van der Waals surface area (Å²) in [7, 11) is 0. The Bertz CT molecular complexity index is 327. The lowest BCUT2D eigenvalue weighted by Crippen LogP contribution is -2.25. The number of hydrogen-bond acceptors (Lipinski definition) is 3. The molecule has 14 heavy (non-hydrogen) atoms. The summed E-state index contributed by atoms with van der Waals surface area (Å²) in [6.45, 7) is 0.165. The molecule has 0 atom stereocenters. The fourth-order valence-electron chi connectivity index (χ4n) is 1.49. The smallest absolute Gasteiger partial charge is 0.254 e. The Kier molecular flexibility index (Phi) is 3.11. The van der Waals surface area contributed by atoms with Crippen LogP contribution >= 0.6 is 12.4 Å². The Morgan fingerprint density at radius 2 is 2.21 bits per heavy atom. The molecule has 3 nitrogen and oxygen atoms in total. The lowest BCUT2D eigenvalue weighted by molar-refractivity contribution is -0.0152. The SMILES string of the molecule is Cl.NCc1nc2c(o1)CCC(F)(F)C2. The van der Waals surface area contributed by atoms with E-state index in [2.05, 4.69) is 4.98 Å². The zero-order chi connectivity index (χ0) is 9.47. The number of rotatable bonds is 1. The maximum atomic E-state index is 12.9. The number of alkyl halides is 2. The van der Waals surface area contributed by atoms with Crippen molar-refractivity contribution < 1.29 is 13.2 Å². The summed E-state index contributed by atoms with van der Waals surface area (Å²) in [5.41, 5.74) is 5.66. The summed E-state index contributed by atoms with van der Waals surface area (Å²) < 4.78 is 30.9. The second kappa shape index (κ2) is 3.82. The summed E-state index contributed by atoms with van der Waals surface area (Å²) >= 11 is 0. The Balaban J connectivity index is 0.000000980. The third kappa shape index (κ3) is 2.04. The van der Waals surface area contributed by atoms with Crippen molar-refractivity contribution >= 4 is 12.4 Å². The molecule has 0 bridgehead atoms. The normalized spacial score (nSPS) is 18.5. The largest absolute Gasteiger partial charge is 0.444 e. The lowest BCUT2D eigenvalue weighted by atomic mass is 9.98. The van der Waals surface area contributed by atoms with E-state index >= 15 is 0 Å². The van der Waals surface area contributed by atoms with Crippen LogP contribution in [0.15, 0.2) is 4.42 Å². The van der Waals surface area contributed by atoms with Crippen LogP contribution in [0, 0.1) is 0 Å². The first-order chi connectivity index (χ1) is 6.11. The fourth-order valence-corrected chi connectivity index (χ4v) is 1.49. The van der Waals surface area contributed by atoms with Gasteiger partial charge in [-0.3, -0.25) is 0 Å². The van der Waals surface area contributed by atoms with Crippen LogP contribution in [0.3, 0.4) is 0 Å². The molecule has 0 aromatic carbocycles. The van der Waals surface area contributed by atoms with Gasteiger partial charge >= 0.3 is 0 Å². The molecule has 1 heterocycles. The van der Waals surface area contributed by atoms with Gasteiger partial charge in [0.15, 0.2) is 0 Å². The summed E-state index contributed by atoms with van der Waals surface area (Å²) in [6, 6.07) is 0. The van der Waals surface area contributed by atoms with E-state index in [0.717, 1.165) is 0 Å². The minimum Gasteiger partial charge on any atom is -0.444 e. The van der Waals surface area contributed by atoms with Gasteiger partial charge in [-0.2, -0.15) is 0 Å². The van der Waals surface area contributed by atoms with Gasteiger partial charge in [0.25, 0.3) is 5.92 Å². The van der Waals surface area contributed by atoms with Crippen molar-refractivity contribution in [1.29, 1.82) is 0 Å². The van der Waals surface area contributed by atoms with E-state index in [1.807, 2.05) is 0 Å². The Morgan fingerprint density at radius 3 is 2.86 bits per heavy atom. The molecule has 2 N–H and O–H groups in total. The molecule has 1 aliphatic rings. The minimum absolute atomic E-state index is 0. The zero-order valence-electron chi connectivity index (χ0n) is 7.43. The number of nitrogens with zero attached hydrogens (tertiary/aromatic N) is 1. The predicted molar refractivity (Wildman–Crippen MR) is 48.6 cm³/mol. The number of hydrogen-bond donors (Lipinski definition) is 1. The van der Waals surface area contributed by atoms with Crippen molar-refractivity contribution in [3.63, 3.8) is 0 Å². The number of fused-ring (bicyclic) bond motifs is 1. The molecule has 0 spiro atoms. The highest BCUT2D eigenvalue weighted by atomic mass is 35.5. The molecule has 0 unspecified atom stereocenters. The highest BCUT2D eigenvalue weighted by molar-refractivity contribution is 5.85. The van der Waals surface area contributed by atoms with Crippen molar-refractivity contribution in [2.75, 3.05) is 0 Å². The van der Waals surface area contributed by atoms with Crippen molar-refractivity contribution in [3.8, 4) is 0 Å². The van der Waals surface area contributed by atoms with Gasteiger partial charge in [-0.1, -0.05) is 0 Å². The van der Waals surface area contributed by atoms with Crippen LogP contribution < -0.4 is 5.73 Å². The zero-order valence-corrected chi connectivity index (χ0v) is 8.24. The Labute approximate surface area is 86.1 Å². The Morgan fingerprint density at radius 1 is 1.50 bits per heavy atom. The fraction of sp³-hybridized carbons (Fsp3) is 0.625. The molecule has 0 saturated heterocycles. The molecular formula is C8H11ClF2N2O. The second-order valence-electron chi connectivity index (χ2n) is 3.21. The summed E-state index contributed by atoms with van der Waals surface area (Å²) in [4.78, 5) is 3.89. The number of oxazole rings is 1. The first-order valence-electron chi connectivity index (χ1n) is 4.16. The third-order valence-corrected chi connectivity index (χ3v) is 2.14. The van der Waals surface area contributed by atoms with Gasteiger partial charge in [0, 0.05) is 12.8 Å². The quantitative estimate of drug-likeness (QED) is 0.790. The summed E-state index contributed by atoms with van der Waals surface area (Å²) in [5.74, 6) is -1.70. The van der Waals surface area contributed by atoms with E-state index in [0.29, 0.717) is 17.3 Å². The lowest BCUT2D eigenvalue weighted by Gasteiger charge is -2.18. The minimum atomic E-state index is -2.63. The van der Waals surface area contributed by atoms with E-state index in [9.17, 15) is 8.78 Å². The maximum Gasteiger partial charge on any atom is 0.254 e. The topological polar surface area (TPSA) is 52.0 Å². The first kappa shape index (κ1) is 11.4. The van der Waals surface area contributed by atoms with Crippen LogP contribution in [0.5, 0.6) is 0 Å². The molecule has 0 radical (unpaired) electrons. The average molecular weight is 225 g/mol. The second-order valence-corrected chi connectivity index (χ2v) is 3.21. The molecule has 0 saturated carbocycles. The van der Waals surface area contributed by atoms with Crippen LogP contribution in [-0.4, -0.2) is 10.9 Å². The average Bonchev–Trinajstić information content (AvgIpc) is 2.44.